The van der Waals surface area contributed by atoms with Crippen LogP contribution in [-0.4, -0.2) is 30.6 Å². The number of hydrogen-bond donors (Lipinski definition) is 1. The Hall–Kier alpha value is 0.137. The number of fused-ring (bicyclic) bond motifs is 1. The first-order valence-corrected chi connectivity index (χ1v) is 9.34. The summed E-state index contributed by atoms with van der Waals surface area (Å²) < 4.78 is 5.91. The van der Waals surface area contributed by atoms with Crippen LogP contribution in [0, 0.1) is 0 Å². The molecule has 0 aromatic heterocycles. The molecule has 0 spiro atoms. The quantitative estimate of drug-likeness (QED) is 0.537. The summed E-state index contributed by atoms with van der Waals surface area (Å²) in [5, 5.41) is 10.1. The Balaban J connectivity index is 2.17. The molecule has 1 N–H and O–H groups in total. The van der Waals surface area contributed by atoms with Gasteiger partial charge in [-0.25, -0.2) is 0 Å². The monoisotopic (exact) mass is 214 g/mol. The van der Waals surface area contributed by atoms with Crippen molar-refractivity contribution in [1.82, 2.24) is 0 Å². The molecule has 1 aliphatic carbocycles. The Bertz CT molecular complexity index is 224. The highest BCUT2D eigenvalue weighted by atomic mass is 28.3. The smallest absolute Gasteiger partial charge is 0.109 e. The average Bonchev–Trinajstić information content (AvgIpc) is 2.74. The highest BCUT2D eigenvalue weighted by Gasteiger charge is 2.67. The number of ether oxygens (including phenoxy) is 1. The summed E-state index contributed by atoms with van der Waals surface area (Å²) in [5.41, 5.74) is 0. The molecule has 0 radical (unpaired) electrons. The van der Waals surface area contributed by atoms with Crippen LogP contribution in [0.25, 0.3) is 0 Å². The molecular formula is C11H22O2Si. The number of hydrogen-bond acceptors (Lipinski definition) is 2. The van der Waals surface area contributed by atoms with Gasteiger partial charge in [0.05, 0.1) is 20.3 Å². The third-order valence-electron chi connectivity index (χ3n) is 3.87. The van der Waals surface area contributed by atoms with E-state index in [-0.39, 0.29) is 11.3 Å². The molecule has 82 valence electrons. The van der Waals surface area contributed by atoms with E-state index >= 15 is 0 Å². The van der Waals surface area contributed by atoms with Crippen LogP contribution in [0.15, 0.2) is 0 Å². The van der Waals surface area contributed by atoms with Crippen molar-refractivity contribution < 1.29 is 9.84 Å². The molecule has 2 rings (SSSR count). The van der Waals surface area contributed by atoms with Crippen LogP contribution in [0.5, 0.6) is 0 Å². The lowest BCUT2D eigenvalue weighted by atomic mass is 9.98. The number of aliphatic hydroxyl groups excluding tert-OH is 1. The van der Waals surface area contributed by atoms with Gasteiger partial charge >= 0.3 is 0 Å². The third kappa shape index (κ3) is 1.46. The van der Waals surface area contributed by atoms with Gasteiger partial charge in [0.25, 0.3) is 0 Å². The zero-order valence-corrected chi connectivity index (χ0v) is 10.5. The SMILES string of the molecule is C[Si](C)(C)[C@]12O[C@H]1CCCCC[C@H]2O. The van der Waals surface area contributed by atoms with Crippen molar-refractivity contribution in [2.45, 2.75) is 69.2 Å². The number of aliphatic hydroxyl groups is 1. The van der Waals surface area contributed by atoms with Gasteiger partial charge in [0, 0.05) is 0 Å². The molecule has 2 aliphatic rings. The molecule has 0 aromatic rings. The van der Waals surface area contributed by atoms with Crippen molar-refractivity contribution in [1.29, 1.82) is 0 Å². The van der Waals surface area contributed by atoms with Crippen molar-refractivity contribution in [3.05, 3.63) is 0 Å². The Morgan fingerprint density at radius 3 is 2.43 bits per heavy atom. The second kappa shape index (κ2) is 3.32. The fourth-order valence-electron chi connectivity index (χ4n) is 2.99. The summed E-state index contributed by atoms with van der Waals surface area (Å²) in [6.07, 6.45) is 6.01. The second-order valence-electron chi connectivity index (χ2n) is 5.80. The van der Waals surface area contributed by atoms with E-state index in [4.69, 9.17) is 4.74 Å². The number of rotatable bonds is 1. The Morgan fingerprint density at radius 2 is 1.79 bits per heavy atom. The summed E-state index contributed by atoms with van der Waals surface area (Å²) in [7, 11) is -1.40. The third-order valence-corrected chi connectivity index (χ3v) is 6.99. The molecule has 0 bridgehead atoms. The number of epoxide rings is 1. The van der Waals surface area contributed by atoms with Crippen LogP contribution in [-0.2, 0) is 4.74 Å². The summed E-state index contributed by atoms with van der Waals surface area (Å²) in [6, 6.07) is 0. The van der Waals surface area contributed by atoms with E-state index in [1.165, 1.54) is 25.7 Å². The van der Waals surface area contributed by atoms with Crippen molar-refractivity contribution >= 4 is 8.07 Å². The van der Waals surface area contributed by atoms with Gasteiger partial charge in [0.2, 0.25) is 0 Å². The fourth-order valence-corrected chi connectivity index (χ4v) is 5.74. The highest BCUT2D eigenvalue weighted by Crippen LogP contribution is 2.51. The van der Waals surface area contributed by atoms with Gasteiger partial charge < -0.3 is 9.84 Å². The van der Waals surface area contributed by atoms with Crippen LogP contribution in [0.4, 0.5) is 0 Å². The van der Waals surface area contributed by atoms with Gasteiger partial charge in [-0.1, -0.05) is 38.9 Å². The Kier molecular flexibility index (Phi) is 2.53. The van der Waals surface area contributed by atoms with Crippen molar-refractivity contribution in [2.24, 2.45) is 0 Å². The highest BCUT2D eigenvalue weighted by molar-refractivity contribution is 6.80. The van der Waals surface area contributed by atoms with Crippen molar-refractivity contribution in [3.63, 3.8) is 0 Å². The summed E-state index contributed by atoms with van der Waals surface area (Å²) in [5.74, 6) is 0. The minimum atomic E-state index is -1.40. The summed E-state index contributed by atoms with van der Waals surface area (Å²) >= 11 is 0. The summed E-state index contributed by atoms with van der Waals surface area (Å²) in [4.78, 5) is 0. The van der Waals surface area contributed by atoms with Crippen molar-refractivity contribution in [3.8, 4) is 0 Å². The summed E-state index contributed by atoms with van der Waals surface area (Å²) in [6.45, 7) is 6.95. The second-order valence-corrected chi connectivity index (χ2v) is 11.1. The molecule has 14 heavy (non-hydrogen) atoms. The van der Waals surface area contributed by atoms with Gasteiger partial charge in [-0.15, -0.1) is 0 Å². The van der Waals surface area contributed by atoms with E-state index < -0.39 is 8.07 Å². The molecule has 2 nitrogen and oxygen atoms in total. The van der Waals surface area contributed by atoms with Crippen LogP contribution in [0.2, 0.25) is 19.6 Å². The standard InChI is InChI=1S/C11H22O2Si/c1-14(2,3)11-9(12)7-5-4-6-8-10(11)13-11/h9-10,12H,4-8H2,1-3H3/t9-,10+,11+/m1/s1. The molecular weight excluding hydrogens is 192 g/mol. The van der Waals surface area contributed by atoms with Crippen LogP contribution in [0.3, 0.4) is 0 Å². The van der Waals surface area contributed by atoms with Gasteiger partial charge in [-0.3, -0.25) is 0 Å². The van der Waals surface area contributed by atoms with E-state index in [9.17, 15) is 5.11 Å². The average molecular weight is 214 g/mol. The minimum Gasteiger partial charge on any atom is -0.390 e. The van der Waals surface area contributed by atoms with E-state index in [1.54, 1.807) is 0 Å². The maximum atomic E-state index is 10.2. The van der Waals surface area contributed by atoms with Crippen LogP contribution >= 0.6 is 0 Å². The van der Waals surface area contributed by atoms with Crippen LogP contribution < -0.4 is 0 Å². The molecule has 0 aromatic carbocycles. The molecule has 2 fully saturated rings. The molecule has 1 saturated heterocycles. The van der Waals surface area contributed by atoms with Gasteiger partial charge in [-0.05, 0) is 12.8 Å². The van der Waals surface area contributed by atoms with Gasteiger partial charge in [0.15, 0.2) is 0 Å². The molecule has 1 heterocycles. The van der Waals surface area contributed by atoms with Gasteiger partial charge in [0.1, 0.15) is 5.22 Å². The predicted molar refractivity (Wildman–Crippen MR) is 60.0 cm³/mol. The zero-order chi connectivity index (χ0) is 10.4. The van der Waals surface area contributed by atoms with E-state index in [0.29, 0.717) is 6.10 Å². The molecule has 1 aliphatic heterocycles. The van der Waals surface area contributed by atoms with Crippen LogP contribution in [0.1, 0.15) is 32.1 Å². The molecule has 1 saturated carbocycles. The molecule has 0 unspecified atom stereocenters. The normalized spacial score (nSPS) is 43.7. The fraction of sp³-hybridized carbons (Fsp3) is 1.00. The Morgan fingerprint density at radius 1 is 1.14 bits per heavy atom. The predicted octanol–water partition coefficient (Wildman–Crippen LogP) is 2.33. The lowest BCUT2D eigenvalue weighted by molar-refractivity contribution is 0.1000. The zero-order valence-electron chi connectivity index (χ0n) is 9.55. The maximum absolute atomic E-state index is 10.2. The molecule has 0 amide bonds. The lowest BCUT2D eigenvalue weighted by Crippen LogP contribution is -2.52. The first-order valence-electron chi connectivity index (χ1n) is 5.84. The Labute approximate surface area is 87.7 Å². The van der Waals surface area contributed by atoms with Crippen molar-refractivity contribution in [2.75, 3.05) is 0 Å². The minimum absolute atomic E-state index is 0.0899. The van der Waals surface area contributed by atoms with E-state index in [2.05, 4.69) is 19.6 Å². The molecule has 3 heteroatoms. The molecule has 3 atom stereocenters. The lowest BCUT2D eigenvalue weighted by Gasteiger charge is -2.32. The maximum Gasteiger partial charge on any atom is 0.109 e. The van der Waals surface area contributed by atoms with Gasteiger partial charge in [-0.2, -0.15) is 0 Å². The van der Waals surface area contributed by atoms with E-state index in [1.807, 2.05) is 0 Å². The largest absolute Gasteiger partial charge is 0.390 e. The topological polar surface area (TPSA) is 32.8 Å². The van der Waals surface area contributed by atoms with E-state index in [0.717, 1.165) is 6.42 Å². The first kappa shape index (κ1) is 10.6. The first-order chi connectivity index (χ1) is 6.48.